The van der Waals surface area contributed by atoms with Gasteiger partial charge in [-0.2, -0.15) is 4.98 Å². The van der Waals surface area contributed by atoms with Crippen LogP contribution >= 0.6 is 24.0 Å². The summed E-state index contributed by atoms with van der Waals surface area (Å²) in [5, 5.41) is 7.10. The summed E-state index contributed by atoms with van der Waals surface area (Å²) in [5.41, 5.74) is 0. The van der Waals surface area contributed by atoms with Crippen LogP contribution < -0.4 is 5.32 Å². The van der Waals surface area contributed by atoms with E-state index in [1.807, 2.05) is 6.92 Å². The molecule has 0 aliphatic carbocycles. The molecule has 0 aliphatic rings. The van der Waals surface area contributed by atoms with Gasteiger partial charge < -0.3 is 14.7 Å². The standard InChI is InChI=1S/C14H27N5O.HI/c1-5-7-11-19(4)14(15-6-2)16-10-8-9-13-17-12(3)18-20-13;/h5-11H2,1-4H3,(H,15,16);1H. The van der Waals surface area contributed by atoms with Crippen molar-refractivity contribution in [1.29, 1.82) is 0 Å². The highest BCUT2D eigenvalue weighted by Gasteiger charge is 2.05. The molecule has 0 saturated carbocycles. The molecule has 1 aromatic rings. The minimum absolute atomic E-state index is 0. The molecule has 21 heavy (non-hydrogen) atoms. The van der Waals surface area contributed by atoms with Gasteiger partial charge in [-0.05, 0) is 26.7 Å². The third-order valence-corrected chi connectivity index (χ3v) is 2.92. The van der Waals surface area contributed by atoms with Crippen molar-refractivity contribution < 1.29 is 4.52 Å². The van der Waals surface area contributed by atoms with E-state index in [0.717, 1.165) is 38.4 Å². The summed E-state index contributed by atoms with van der Waals surface area (Å²) in [6.07, 6.45) is 4.07. The van der Waals surface area contributed by atoms with Crippen molar-refractivity contribution in [2.24, 2.45) is 4.99 Å². The second-order valence-corrected chi connectivity index (χ2v) is 4.85. The number of hydrogen-bond acceptors (Lipinski definition) is 4. The van der Waals surface area contributed by atoms with E-state index in [-0.39, 0.29) is 24.0 Å². The van der Waals surface area contributed by atoms with Crippen molar-refractivity contribution >= 4 is 29.9 Å². The van der Waals surface area contributed by atoms with Crippen LogP contribution in [0, 0.1) is 6.92 Å². The van der Waals surface area contributed by atoms with Gasteiger partial charge >= 0.3 is 0 Å². The van der Waals surface area contributed by atoms with Gasteiger partial charge in [0.1, 0.15) is 0 Å². The number of nitrogens with one attached hydrogen (secondary N) is 1. The van der Waals surface area contributed by atoms with Gasteiger partial charge in [-0.3, -0.25) is 4.99 Å². The summed E-state index contributed by atoms with van der Waals surface area (Å²) in [4.78, 5) is 11.0. The molecule has 1 aromatic heterocycles. The number of rotatable bonds is 8. The molecule has 1 N–H and O–H groups in total. The summed E-state index contributed by atoms with van der Waals surface area (Å²) in [5.74, 6) is 2.36. The Bertz CT molecular complexity index is 408. The van der Waals surface area contributed by atoms with Crippen LogP contribution in [0.15, 0.2) is 9.52 Å². The van der Waals surface area contributed by atoms with E-state index in [4.69, 9.17) is 4.52 Å². The molecule has 0 amide bonds. The average molecular weight is 409 g/mol. The highest BCUT2D eigenvalue weighted by atomic mass is 127. The molecule has 122 valence electrons. The van der Waals surface area contributed by atoms with Crippen LogP contribution in [0.1, 0.15) is 44.8 Å². The predicted octanol–water partition coefficient (Wildman–Crippen LogP) is 2.63. The van der Waals surface area contributed by atoms with Crippen LogP contribution in [0.3, 0.4) is 0 Å². The summed E-state index contributed by atoms with van der Waals surface area (Å²) < 4.78 is 5.08. The summed E-state index contributed by atoms with van der Waals surface area (Å²) in [6, 6.07) is 0. The monoisotopic (exact) mass is 409 g/mol. The van der Waals surface area contributed by atoms with E-state index in [1.54, 1.807) is 0 Å². The lowest BCUT2D eigenvalue weighted by Gasteiger charge is -2.21. The lowest BCUT2D eigenvalue weighted by atomic mass is 10.3. The molecule has 6 nitrogen and oxygen atoms in total. The first-order valence-electron chi connectivity index (χ1n) is 7.46. The Hall–Kier alpha value is -0.860. The lowest BCUT2D eigenvalue weighted by Crippen LogP contribution is -2.39. The highest BCUT2D eigenvalue weighted by Crippen LogP contribution is 2.00. The second-order valence-electron chi connectivity index (χ2n) is 4.85. The zero-order chi connectivity index (χ0) is 14.8. The fourth-order valence-electron chi connectivity index (χ4n) is 1.83. The van der Waals surface area contributed by atoms with Crippen molar-refractivity contribution in [1.82, 2.24) is 20.4 Å². The molecule has 0 bridgehead atoms. The van der Waals surface area contributed by atoms with Gasteiger partial charge in [0.15, 0.2) is 11.8 Å². The van der Waals surface area contributed by atoms with E-state index < -0.39 is 0 Å². The Morgan fingerprint density at radius 2 is 2.10 bits per heavy atom. The third kappa shape index (κ3) is 8.23. The van der Waals surface area contributed by atoms with E-state index in [2.05, 4.69) is 46.2 Å². The third-order valence-electron chi connectivity index (χ3n) is 2.92. The fourth-order valence-corrected chi connectivity index (χ4v) is 1.83. The maximum Gasteiger partial charge on any atom is 0.226 e. The molecule has 0 atom stereocenters. The van der Waals surface area contributed by atoms with Gasteiger partial charge in [0.05, 0.1) is 0 Å². The number of unbranched alkanes of at least 4 members (excludes halogenated alkanes) is 1. The first-order chi connectivity index (χ1) is 9.67. The Kier molecular flexibility index (Phi) is 11.3. The van der Waals surface area contributed by atoms with Crippen LogP contribution in [0.25, 0.3) is 0 Å². The summed E-state index contributed by atoms with van der Waals surface area (Å²) in [6.45, 7) is 8.80. The zero-order valence-electron chi connectivity index (χ0n) is 13.6. The number of aryl methyl sites for hydroxylation is 2. The largest absolute Gasteiger partial charge is 0.357 e. The molecule has 1 rings (SSSR count). The van der Waals surface area contributed by atoms with Crippen LogP contribution in [0.2, 0.25) is 0 Å². The molecule has 0 spiro atoms. The van der Waals surface area contributed by atoms with Crippen LogP contribution in [0.4, 0.5) is 0 Å². The molecule has 0 aliphatic heterocycles. The predicted molar refractivity (Wildman–Crippen MR) is 96.3 cm³/mol. The molecule has 0 saturated heterocycles. The summed E-state index contributed by atoms with van der Waals surface area (Å²) >= 11 is 0. The molecule has 0 radical (unpaired) electrons. The van der Waals surface area contributed by atoms with E-state index in [9.17, 15) is 0 Å². The van der Waals surface area contributed by atoms with Gasteiger partial charge in [0, 0.05) is 33.1 Å². The van der Waals surface area contributed by atoms with Gasteiger partial charge in [-0.15, -0.1) is 24.0 Å². The molecule has 1 heterocycles. The molecular formula is C14H28IN5O. The minimum atomic E-state index is 0. The van der Waals surface area contributed by atoms with Crippen molar-refractivity contribution in [3.8, 4) is 0 Å². The number of nitrogens with zero attached hydrogens (tertiary/aromatic N) is 4. The number of hydrogen-bond donors (Lipinski definition) is 1. The van der Waals surface area contributed by atoms with E-state index in [1.165, 1.54) is 12.8 Å². The smallest absolute Gasteiger partial charge is 0.226 e. The average Bonchev–Trinajstić information content (AvgIpc) is 2.85. The molecule has 7 heteroatoms. The highest BCUT2D eigenvalue weighted by molar-refractivity contribution is 14.0. The van der Waals surface area contributed by atoms with Crippen molar-refractivity contribution in [2.45, 2.75) is 46.5 Å². The molecule has 0 fully saturated rings. The maximum atomic E-state index is 5.08. The van der Waals surface area contributed by atoms with Crippen LogP contribution in [0.5, 0.6) is 0 Å². The SMILES string of the molecule is CCCCN(C)C(=NCCCc1nc(C)no1)NCC.I. The van der Waals surface area contributed by atoms with Crippen molar-refractivity contribution in [2.75, 3.05) is 26.7 Å². The number of guanidine groups is 1. The second kappa shape index (κ2) is 11.8. The minimum Gasteiger partial charge on any atom is -0.357 e. The summed E-state index contributed by atoms with van der Waals surface area (Å²) in [7, 11) is 2.08. The Morgan fingerprint density at radius 1 is 1.33 bits per heavy atom. The van der Waals surface area contributed by atoms with Gasteiger partial charge in [0.2, 0.25) is 5.89 Å². The van der Waals surface area contributed by atoms with E-state index >= 15 is 0 Å². The van der Waals surface area contributed by atoms with Crippen molar-refractivity contribution in [3.63, 3.8) is 0 Å². The van der Waals surface area contributed by atoms with Gasteiger partial charge in [0.25, 0.3) is 0 Å². The zero-order valence-corrected chi connectivity index (χ0v) is 15.9. The van der Waals surface area contributed by atoms with Gasteiger partial charge in [-0.25, -0.2) is 0 Å². The quantitative estimate of drug-likeness (QED) is 0.310. The Morgan fingerprint density at radius 3 is 2.67 bits per heavy atom. The van der Waals surface area contributed by atoms with Crippen LogP contribution in [-0.4, -0.2) is 47.7 Å². The molecule has 0 aromatic carbocycles. The first kappa shape index (κ1) is 20.1. The van der Waals surface area contributed by atoms with Crippen molar-refractivity contribution in [3.05, 3.63) is 11.7 Å². The normalized spacial score (nSPS) is 11.1. The van der Waals surface area contributed by atoms with E-state index in [0.29, 0.717) is 11.7 Å². The first-order valence-corrected chi connectivity index (χ1v) is 7.46. The topological polar surface area (TPSA) is 66.5 Å². The van der Waals surface area contributed by atoms with Gasteiger partial charge in [-0.1, -0.05) is 18.5 Å². The maximum absolute atomic E-state index is 5.08. The molecule has 0 unspecified atom stereocenters. The Balaban J connectivity index is 0.00000400. The number of aliphatic imine (C=N–C) groups is 1. The van der Waals surface area contributed by atoms with Crippen LogP contribution in [-0.2, 0) is 6.42 Å². The number of aromatic nitrogens is 2. The fraction of sp³-hybridized carbons (Fsp3) is 0.786. The lowest BCUT2D eigenvalue weighted by molar-refractivity contribution is 0.372. The Labute approximate surface area is 144 Å². The number of halogens is 1. The molecular weight excluding hydrogens is 381 g/mol.